The molecule has 0 spiro atoms. The van der Waals surface area contributed by atoms with Crippen molar-refractivity contribution in [3.8, 4) is 0 Å². The number of carbonyl (C=O) groups excluding carboxylic acids is 1. The van der Waals surface area contributed by atoms with Crippen molar-refractivity contribution < 1.29 is 4.79 Å². The zero-order chi connectivity index (χ0) is 14.1. The molecule has 0 aliphatic heterocycles. The largest absolute Gasteiger partial charge is 0.306 e. The second-order valence-corrected chi connectivity index (χ2v) is 6.96. The van der Waals surface area contributed by atoms with Crippen LogP contribution in [0.3, 0.4) is 0 Å². The van der Waals surface area contributed by atoms with Crippen LogP contribution >= 0.6 is 11.3 Å². The minimum atomic E-state index is -0.0452. The summed E-state index contributed by atoms with van der Waals surface area (Å²) in [5, 5.41) is 9.88. The Bertz CT molecular complexity index is 610. The Balaban J connectivity index is 1.69. The summed E-state index contributed by atoms with van der Waals surface area (Å²) in [5.41, 5.74) is 1.14. The summed E-state index contributed by atoms with van der Waals surface area (Å²) < 4.78 is 0. The Morgan fingerprint density at radius 1 is 1.50 bits per heavy atom. The van der Waals surface area contributed by atoms with Crippen molar-refractivity contribution in [3.63, 3.8) is 0 Å². The Kier molecular flexibility index (Phi) is 3.61. The fourth-order valence-corrected chi connectivity index (χ4v) is 3.40. The van der Waals surface area contributed by atoms with Crippen molar-refractivity contribution in [1.82, 2.24) is 10.2 Å². The van der Waals surface area contributed by atoms with E-state index in [9.17, 15) is 4.79 Å². The Morgan fingerprint density at radius 2 is 2.30 bits per heavy atom. The first-order chi connectivity index (χ1) is 9.63. The zero-order valence-electron chi connectivity index (χ0n) is 11.8. The number of amides is 1. The molecule has 5 heteroatoms. The van der Waals surface area contributed by atoms with E-state index in [-0.39, 0.29) is 5.91 Å². The predicted molar refractivity (Wildman–Crippen MR) is 81.4 cm³/mol. The highest BCUT2D eigenvalue weighted by molar-refractivity contribution is 7.14. The summed E-state index contributed by atoms with van der Waals surface area (Å²) in [6.45, 7) is 4.37. The lowest BCUT2D eigenvalue weighted by molar-refractivity contribution is 0.103. The van der Waals surface area contributed by atoms with E-state index in [2.05, 4.69) is 29.4 Å². The summed E-state index contributed by atoms with van der Waals surface area (Å²) in [5.74, 6) is 1.90. The molecule has 0 aromatic carbocycles. The van der Waals surface area contributed by atoms with Crippen molar-refractivity contribution in [3.05, 3.63) is 33.6 Å². The third kappa shape index (κ3) is 2.93. The topological polar surface area (TPSA) is 57.8 Å². The predicted octanol–water partition coefficient (Wildman–Crippen LogP) is 3.80. The summed E-state index contributed by atoms with van der Waals surface area (Å²) in [7, 11) is 0. The molecule has 2 aromatic heterocycles. The molecule has 2 heterocycles. The highest BCUT2D eigenvalue weighted by Crippen LogP contribution is 2.42. The van der Waals surface area contributed by atoms with Gasteiger partial charge in [0.25, 0.3) is 5.91 Å². The lowest BCUT2D eigenvalue weighted by Crippen LogP contribution is -2.11. The van der Waals surface area contributed by atoms with E-state index in [4.69, 9.17) is 0 Å². The molecule has 0 bridgehead atoms. The SMILES string of the molecule is CC(C)Cc1ccc(C(=O)Nc2[nH]ncc2C2CC2)s1. The molecular weight excluding hydrogens is 270 g/mol. The van der Waals surface area contributed by atoms with E-state index in [0.29, 0.717) is 11.8 Å². The van der Waals surface area contributed by atoms with E-state index in [0.717, 1.165) is 22.7 Å². The van der Waals surface area contributed by atoms with Crippen molar-refractivity contribution >= 4 is 23.1 Å². The van der Waals surface area contributed by atoms with Crippen LogP contribution in [0.15, 0.2) is 18.3 Å². The van der Waals surface area contributed by atoms with Crippen LogP contribution in [-0.4, -0.2) is 16.1 Å². The number of thiophene rings is 1. The van der Waals surface area contributed by atoms with Crippen molar-refractivity contribution in [2.24, 2.45) is 5.92 Å². The van der Waals surface area contributed by atoms with Gasteiger partial charge in [0, 0.05) is 10.4 Å². The van der Waals surface area contributed by atoms with Crippen molar-refractivity contribution in [2.75, 3.05) is 5.32 Å². The van der Waals surface area contributed by atoms with Gasteiger partial charge in [0.05, 0.1) is 11.1 Å². The molecular formula is C15H19N3OS. The number of nitrogens with zero attached hydrogens (tertiary/aromatic N) is 1. The van der Waals surface area contributed by atoms with Crippen LogP contribution in [0, 0.1) is 5.92 Å². The summed E-state index contributed by atoms with van der Waals surface area (Å²) >= 11 is 1.57. The quantitative estimate of drug-likeness (QED) is 0.879. The standard InChI is InChI=1S/C15H19N3OS/c1-9(2)7-11-5-6-13(20-11)15(19)17-14-12(8-16-18-14)10-3-4-10/h5-6,8-10H,3-4,7H2,1-2H3,(H2,16,17,18,19). The minimum Gasteiger partial charge on any atom is -0.306 e. The molecule has 0 saturated heterocycles. The molecule has 0 radical (unpaired) electrons. The number of hydrogen-bond donors (Lipinski definition) is 2. The van der Waals surface area contributed by atoms with Gasteiger partial charge < -0.3 is 5.32 Å². The normalized spacial score (nSPS) is 14.8. The summed E-state index contributed by atoms with van der Waals surface area (Å²) in [4.78, 5) is 14.3. The monoisotopic (exact) mass is 289 g/mol. The van der Waals surface area contributed by atoms with Crippen LogP contribution in [-0.2, 0) is 6.42 Å². The molecule has 1 aliphatic carbocycles. The Morgan fingerprint density at radius 3 is 3.00 bits per heavy atom. The Labute approximate surface area is 122 Å². The van der Waals surface area contributed by atoms with Gasteiger partial charge in [-0.25, -0.2) is 0 Å². The molecule has 2 N–H and O–H groups in total. The molecule has 4 nitrogen and oxygen atoms in total. The maximum atomic E-state index is 12.3. The van der Waals surface area contributed by atoms with Crippen LogP contribution in [0.2, 0.25) is 0 Å². The number of anilines is 1. The fraction of sp³-hybridized carbons (Fsp3) is 0.467. The molecule has 1 aliphatic rings. The molecule has 3 rings (SSSR count). The number of hydrogen-bond acceptors (Lipinski definition) is 3. The lowest BCUT2D eigenvalue weighted by Gasteiger charge is -2.03. The molecule has 1 saturated carbocycles. The van der Waals surface area contributed by atoms with Gasteiger partial charge in [-0.1, -0.05) is 13.8 Å². The molecule has 2 aromatic rings. The van der Waals surface area contributed by atoms with Crippen LogP contribution in [0.5, 0.6) is 0 Å². The average molecular weight is 289 g/mol. The number of carbonyl (C=O) groups is 1. The molecule has 106 valence electrons. The van der Waals surface area contributed by atoms with Crippen LogP contribution in [0.1, 0.15) is 52.7 Å². The van der Waals surface area contributed by atoms with Gasteiger partial charge >= 0.3 is 0 Å². The van der Waals surface area contributed by atoms with Crippen LogP contribution < -0.4 is 5.32 Å². The van der Waals surface area contributed by atoms with E-state index in [1.165, 1.54) is 17.7 Å². The smallest absolute Gasteiger partial charge is 0.266 e. The van der Waals surface area contributed by atoms with Crippen LogP contribution in [0.4, 0.5) is 5.82 Å². The van der Waals surface area contributed by atoms with Gasteiger partial charge in [0.15, 0.2) is 0 Å². The first-order valence-corrected chi connectivity index (χ1v) is 7.88. The second kappa shape index (κ2) is 5.40. The zero-order valence-corrected chi connectivity index (χ0v) is 12.6. The van der Waals surface area contributed by atoms with Gasteiger partial charge in [0.2, 0.25) is 0 Å². The average Bonchev–Trinajstić information content (AvgIpc) is 2.95. The fourth-order valence-electron chi connectivity index (χ4n) is 2.29. The van der Waals surface area contributed by atoms with E-state index >= 15 is 0 Å². The summed E-state index contributed by atoms with van der Waals surface area (Å²) in [6, 6.07) is 3.96. The second-order valence-electron chi connectivity index (χ2n) is 5.79. The van der Waals surface area contributed by atoms with E-state index in [1.807, 2.05) is 18.3 Å². The number of aromatic nitrogens is 2. The van der Waals surface area contributed by atoms with Gasteiger partial charge in [-0.05, 0) is 43.2 Å². The first kappa shape index (κ1) is 13.4. The molecule has 0 atom stereocenters. The number of aromatic amines is 1. The molecule has 1 fully saturated rings. The highest BCUT2D eigenvalue weighted by atomic mass is 32.1. The lowest BCUT2D eigenvalue weighted by atomic mass is 10.1. The maximum Gasteiger partial charge on any atom is 0.266 e. The van der Waals surface area contributed by atoms with Gasteiger partial charge in [-0.2, -0.15) is 5.10 Å². The minimum absolute atomic E-state index is 0.0452. The van der Waals surface area contributed by atoms with Crippen molar-refractivity contribution in [1.29, 1.82) is 0 Å². The third-order valence-electron chi connectivity index (χ3n) is 3.42. The third-order valence-corrected chi connectivity index (χ3v) is 4.53. The van der Waals surface area contributed by atoms with Gasteiger partial charge in [-0.3, -0.25) is 9.89 Å². The van der Waals surface area contributed by atoms with Crippen molar-refractivity contribution in [2.45, 2.75) is 39.0 Å². The number of rotatable bonds is 5. The molecule has 1 amide bonds. The Hall–Kier alpha value is -1.62. The highest BCUT2D eigenvalue weighted by Gasteiger charge is 2.28. The number of nitrogens with one attached hydrogen (secondary N) is 2. The van der Waals surface area contributed by atoms with Crippen LogP contribution in [0.25, 0.3) is 0 Å². The number of H-pyrrole nitrogens is 1. The maximum absolute atomic E-state index is 12.3. The van der Waals surface area contributed by atoms with Gasteiger partial charge in [-0.15, -0.1) is 11.3 Å². The van der Waals surface area contributed by atoms with E-state index < -0.39 is 0 Å². The molecule has 20 heavy (non-hydrogen) atoms. The van der Waals surface area contributed by atoms with Gasteiger partial charge in [0.1, 0.15) is 5.82 Å². The molecule has 0 unspecified atom stereocenters. The summed E-state index contributed by atoms with van der Waals surface area (Å²) in [6.07, 6.45) is 5.24. The first-order valence-electron chi connectivity index (χ1n) is 7.07. The van der Waals surface area contributed by atoms with E-state index in [1.54, 1.807) is 11.3 Å².